The second-order valence-electron chi connectivity index (χ2n) is 5.34. The Labute approximate surface area is 145 Å². The third-order valence-electron chi connectivity index (χ3n) is 3.57. The summed E-state index contributed by atoms with van der Waals surface area (Å²) in [5.74, 6) is -1.24. The van der Waals surface area contributed by atoms with Crippen LogP contribution in [0, 0.1) is 17.1 Å². The van der Waals surface area contributed by atoms with E-state index in [-0.39, 0.29) is 17.9 Å². The number of hydrogen-bond acceptors (Lipinski definition) is 4. The van der Waals surface area contributed by atoms with Crippen molar-refractivity contribution in [3.8, 4) is 6.07 Å². The number of amides is 1. The largest absolute Gasteiger partial charge is 0.395 e. The van der Waals surface area contributed by atoms with Gasteiger partial charge in [-0.05, 0) is 35.9 Å². The molecular formula is C19H18FN3O2. The summed E-state index contributed by atoms with van der Waals surface area (Å²) in [6.45, 7) is 0.552. The van der Waals surface area contributed by atoms with Crippen LogP contribution in [-0.2, 0) is 4.79 Å². The number of nitrogens with one attached hydrogen (secondary N) is 1. The van der Waals surface area contributed by atoms with Crippen LogP contribution < -0.4 is 10.2 Å². The van der Waals surface area contributed by atoms with Gasteiger partial charge in [-0.15, -0.1) is 0 Å². The SMILES string of the molecule is CN(CCO)c1ccc(/C=C(\C#N)C(=O)Nc2ccccc2F)cc1. The Morgan fingerprint density at radius 1 is 1.28 bits per heavy atom. The molecule has 5 nitrogen and oxygen atoms in total. The Morgan fingerprint density at radius 3 is 2.56 bits per heavy atom. The summed E-state index contributed by atoms with van der Waals surface area (Å²) in [6.07, 6.45) is 1.44. The van der Waals surface area contributed by atoms with Crippen molar-refractivity contribution in [2.45, 2.75) is 0 Å². The van der Waals surface area contributed by atoms with Gasteiger partial charge in [0.05, 0.1) is 12.3 Å². The number of halogens is 1. The summed E-state index contributed by atoms with van der Waals surface area (Å²) < 4.78 is 13.6. The van der Waals surface area contributed by atoms with Gasteiger partial charge in [0.2, 0.25) is 0 Å². The number of aliphatic hydroxyl groups is 1. The van der Waals surface area contributed by atoms with Crippen molar-refractivity contribution in [3.05, 3.63) is 65.5 Å². The number of para-hydroxylation sites is 1. The molecule has 1 amide bonds. The third-order valence-corrected chi connectivity index (χ3v) is 3.57. The number of hydrogen-bond donors (Lipinski definition) is 2. The average Bonchev–Trinajstić information content (AvgIpc) is 2.62. The first kappa shape index (κ1) is 18.2. The Kier molecular flexibility index (Phi) is 6.26. The van der Waals surface area contributed by atoms with Crippen LogP contribution >= 0.6 is 0 Å². The second-order valence-corrected chi connectivity index (χ2v) is 5.34. The molecule has 0 aliphatic heterocycles. The summed E-state index contributed by atoms with van der Waals surface area (Å²) in [4.78, 5) is 14.0. The molecule has 25 heavy (non-hydrogen) atoms. The van der Waals surface area contributed by atoms with Crippen molar-refractivity contribution < 1.29 is 14.3 Å². The Bertz CT molecular complexity index is 810. The zero-order chi connectivity index (χ0) is 18.2. The lowest BCUT2D eigenvalue weighted by Gasteiger charge is -2.17. The van der Waals surface area contributed by atoms with E-state index in [2.05, 4.69) is 5.32 Å². The van der Waals surface area contributed by atoms with Crippen molar-refractivity contribution in [1.82, 2.24) is 0 Å². The molecule has 0 saturated carbocycles. The van der Waals surface area contributed by atoms with Crippen molar-refractivity contribution in [2.24, 2.45) is 0 Å². The lowest BCUT2D eigenvalue weighted by Crippen LogP contribution is -2.20. The van der Waals surface area contributed by atoms with Crippen molar-refractivity contribution in [2.75, 3.05) is 30.4 Å². The van der Waals surface area contributed by atoms with E-state index >= 15 is 0 Å². The predicted molar refractivity (Wildman–Crippen MR) is 95.4 cm³/mol. The van der Waals surface area contributed by atoms with Crippen LogP contribution in [0.2, 0.25) is 0 Å². The van der Waals surface area contributed by atoms with E-state index in [0.29, 0.717) is 12.1 Å². The molecule has 0 fully saturated rings. The average molecular weight is 339 g/mol. The Morgan fingerprint density at radius 2 is 1.96 bits per heavy atom. The summed E-state index contributed by atoms with van der Waals surface area (Å²) in [7, 11) is 1.85. The molecule has 2 aromatic carbocycles. The van der Waals surface area contributed by atoms with E-state index in [1.807, 2.05) is 30.1 Å². The maximum Gasteiger partial charge on any atom is 0.266 e. The first-order valence-corrected chi connectivity index (χ1v) is 7.65. The maximum absolute atomic E-state index is 13.6. The summed E-state index contributed by atoms with van der Waals surface area (Å²) in [5.41, 5.74) is 1.47. The molecular weight excluding hydrogens is 321 g/mol. The third kappa shape index (κ3) is 4.90. The highest BCUT2D eigenvalue weighted by molar-refractivity contribution is 6.09. The van der Waals surface area contributed by atoms with Gasteiger partial charge in [0, 0.05) is 19.3 Å². The lowest BCUT2D eigenvalue weighted by atomic mass is 10.1. The molecule has 0 radical (unpaired) electrons. The topological polar surface area (TPSA) is 76.4 Å². The molecule has 0 saturated heterocycles. The van der Waals surface area contributed by atoms with Crippen LogP contribution in [-0.4, -0.2) is 31.2 Å². The number of rotatable bonds is 6. The first-order chi connectivity index (χ1) is 12.0. The number of carbonyl (C=O) groups is 1. The van der Waals surface area contributed by atoms with Gasteiger partial charge in [0.15, 0.2) is 0 Å². The van der Waals surface area contributed by atoms with Gasteiger partial charge in [-0.3, -0.25) is 4.79 Å². The van der Waals surface area contributed by atoms with Gasteiger partial charge >= 0.3 is 0 Å². The molecule has 2 rings (SSSR count). The molecule has 2 N–H and O–H groups in total. The minimum atomic E-state index is -0.672. The summed E-state index contributed by atoms with van der Waals surface area (Å²) in [5, 5.41) is 20.5. The normalized spacial score (nSPS) is 10.9. The molecule has 0 unspecified atom stereocenters. The van der Waals surface area contributed by atoms with Gasteiger partial charge in [-0.25, -0.2) is 4.39 Å². The lowest BCUT2D eigenvalue weighted by molar-refractivity contribution is -0.112. The van der Waals surface area contributed by atoms with Crippen LogP contribution in [0.4, 0.5) is 15.8 Å². The quantitative estimate of drug-likeness (QED) is 0.627. The van der Waals surface area contributed by atoms with E-state index < -0.39 is 11.7 Å². The molecule has 2 aromatic rings. The fourth-order valence-electron chi connectivity index (χ4n) is 2.17. The zero-order valence-corrected chi connectivity index (χ0v) is 13.7. The zero-order valence-electron chi connectivity index (χ0n) is 13.7. The fraction of sp³-hybridized carbons (Fsp3) is 0.158. The van der Waals surface area contributed by atoms with Gasteiger partial charge in [-0.1, -0.05) is 24.3 Å². The van der Waals surface area contributed by atoms with Gasteiger partial charge in [-0.2, -0.15) is 5.26 Å². The molecule has 0 aromatic heterocycles. The highest BCUT2D eigenvalue weighted by Gasteiger charge is 2.11. The van der Waals surface area contributed by atoms with Crippen LogP contribution in [0.15, 0.2) is 54.1 Å². The molecule has 0 bridgehead atoms. The van der Waals surface area contributed by atoms with Crippen LogP contribution in [0.5, 0.6) is 0 Å². The van der Waals surface area contributed by atoms with Crippen LogP contribution in [0.1, 0.15) is 5.56 Å². The Hall–Kier alpha value is -3.17. The number of likely N-dealkylation sites (N-methyl/N-ethyl adjacent to an activating group) is 1. The smallest absolute Gasteiger partial charge is 0.266 e. The maximum atomic E-state index is 13.6. The van der Waals surface area contributed by atoms with Gasteiger partial charge in [0.25, 0.3) is 5.91 Å². The number of nitriles is 1. The standard InChI is InChI=1S/C19H18FN3O2/c1-23(10-11-24)16-8-6-14(7-9-16)12-15(13-21)19(25)22-18-5-3-2-4-17(18)20/h2-9,12,24H,10-11H2,1H3,(H,22,25)/b15-12+. The van der Waals surface area contributed by atoms with E-state index in [4.69, 9.17) is 5.11 Å². The molecule has 0 atom stereocenters. The minimum absolute atomic E-state index is 0.0228. The Balaban J connectivity index is 2.15. The van der Waals surface area contributed by atoms with E-state index in [1.165, 1.54) is 24.3 Å². The van der Waals surface area contributed by atoms with Gasteiger partial charge in [0.1, 0.15) is 17.5 Å². The number of nitrogens with zero attached hydrogens (tertiary/aromatic N) is 2. The van der Waals surface area contributed by atoms with Crippen molar-refractivity contribution in [1.29, 1.82) is 5.26 Å². The number of carbonyl (C=O) groups excluding carboxylic acids is 1. The van der Waals surface area contributed by atoms with E-state index in [9.17, 15) is 14.4 Å². The first-order valence-electron chi connectivity index (χ1n) is 7.65. The molecule has 128 valence electrons. The summed E-state index contributed by atoms with van der Waals surface area (Å²) >= 11 is 0. The monoisotopic (exact) mass is 339 g/mol. The van der Waals surface area contributed by atoms with E-state index in [1.54, 1.807) is 18.2 Å². The fourth-order valence-corrected chi connectivity index (χ4v) is 2.17. The summed E-state index contributed by atoms with van der Waals surface area (Å²) in [6, 6.07) is 14.8. The van der Waals surface area contributed by atoms with E-state index in [0.717, 1.165) is 5.69 Å². The molecule has 0 heterocycles. The highest BCUT2D eigenvalue weighted by Crippen LogP contribution is 2.17. The molecule has 0 spiro atoms. The minimum Gasteiger partial charge on any atom is -0.395 e. The highest BCUT2D eigenvalue weighted by atomic mass is 19.1. The molecule has 6 heteroatoms. The number of anilines is 2. The number of benzene rings is 2. The molecule has 0 aliphatic rings. The van der Waals surface area contributed by atoms with Crippen LogP contribution in [0.3, 0.4) is 0 Å². The van der Waals surface area contributed by atoms with Crippen LogP contribution in [0.25, 0.3) is 6.08 Å². The van der Waals surface area contributed by atoms with Crippen molar-refractivity contribution >= 4 is 23.4 Å². The van der Waals surface area contributed by atoms with Crippen molar-refractivity contribution in [3.63, 3.8) is 0 Å². The van der Waals surface area contributed by atoms with Gasteiger partial charge < -0.3 is 15.3 Å². The second kappa shape index (κ2) is 8.62. The predicted octanol–water partition coefficient (Wildman–Crippen LogP) is 2.80. The molecule has 0 aliphatic carbocycles. The number of aliphatic hydroxyl groups excluding tert-OH is 1.